The second-order valence-electron chi connectivity index (χ2n) is 4.83. The standard InChI is InChI=1S/C11H20N4O2/c1-6(2)9(7(3)12)11-10(15(16)17)8(4)13-14(11)5/h6-7,9H,12H2,1-5H3. The van der Waals surface area contributed by atoms with E-state index < -0.39 is 0 Å². The minimum atomic E-state index is -0.366. The molecule has 1 aromatic heterocycles. The second-order valence-corrected chi connectivity index (χ2v) is 4.83. The number of nitrogens with two attached hydrogens (primary N) is 1. The van der Waals surface area contributed by atoms with Crippen molar-refractivity contribution in [1.29, 1.82) is 0 Å². The first kappa shape index (κ1) is 13.6. The summed E-state index contributed by atoms with van der Waals surface area (Å²) in [6.45, 7) is 7.55. The summed E-state index contributed by atoms with van der Waals surface area (Å²) in [6, 6.07) is -0.150. The second kappa shape index (κ2) is 4.83. The van der Waals surface area contributed by atoms with Crippen LogP contribution in [0.5, 0.6) is 0 Å². The molecule has 2 N–H and O–H groups in total. The predicted molar refractivity (Wildman–Crippen MR) is 65.8 cm³/mol. The minimum Gasteiger partial charge on any atom is -0.327 e. The number of nitro groups is 1. The third-order valence-corrected chi connectivity index (χ3v) is 3.02. The van der Waals surface area contributed by atoms with Crippen LogP contribution < -0.4 is 5.73 Å². The van der Waals surface area contributed by atoms with Crippen LogP contribution in [0.4, 0.5) is 5.69 Å². The summed E-state index contributed by atoms with van der Waals surface area (Å²) in [4.78, 5) is 10.8. The Labute approximate surface area is 101 Å². The lowest BCUT2D eigenvalue weighted by Crippen LogP contribution is -2.30. The molecule has 1 heterocycles. The molecule has 0 amide bonds. The van der Waals surface area contributed by atoms with Gasteiger partial charge in [-0.3, -0.25) is 14.8 Å². The van der Waals surface area contributed by atoms with E-state index in [1.807, 2.05) is 20.8 Å². The van der Waals surface area contributed by atoms with Crippen molar-refractivity contribution >= 4 is 5.69 Å². The highest BCUT2D eigenvalue weighted by atomic mass is 16.6. The Morgan fingerprint density at radius 3 is 2.29 bits per heavy atom. The average molecular weight is 240 g/mol. The topological polar surface area (TPSA) is 87.0 Å². The Bertz CT molecular complexity index is 415. The molecular formula is C11H20N4O2. The van der Waals surface area contributed by atoms with E-state index in [2.05, 4.69) is 5.10 Å². The van der Waals surface area contributed by atoms with Gasteiger partial charge in [-0.15, -0.1) is 0 Å². The van der Waals surface area contributed by atoms with E-state index in [1.165, 1.54) is 0 Å². The molecule has 1 aromatic rings. The van der Waals surface area contributed by atoms with Gasteiger partial charge in [0, 0.05) is 19.0 Å². The smallest absolute Gasteiger partial charge is 0.313 e. The van der Waals surface area contributed by atoms with Crippen LogP contribution in [0.1, 0.15) is 38.1 Å². The van der Waals surface area contributed by atoms with Gasteiger partial charge in [-0.2, -0.15) is 5.10 Å². The van der Waals surface area contributed by atoms with Gasteiger partial charge in [0.1, 0.15) is 11.4 Å². The number of aromatic nitrogens is 2. The maximum Gasteiger partial charge on any atom is 0.313 e. The van der Waals surface area contributed by atoms with E-state index in [0.717, 1.165) is 0 Å². The quantitative estimate of drug-likeness (QED) is 0.641. The normalized spacial score (nSPS) is 15.0. The van der Waals surface area contributed by atoms with Crippen LogP contribution in [0.2, 0.25) is 0 Å². The van der Waals surface area contributed by atoms with Crippen molar-refractivity contribution in [2.75, 3.05) is 0 Å². The maximum absolute atomic E-state index is 11.1. The van der Waals surface area contributed by atoms with Gasteiger partial charge in [0.05, 0.1) is 4.92 Å². The molecule has 0 aromatic carbocycles. The zero-order valence-corrected chi connectivity index (χ0v) is 11.0. The molecule has 96 valence electrons. The molecule has 2 unspecified atom stereocenters. The molecule has 0 spiro atoms. The average Bonchev–Trinajstić information content (AvgIpc) is 2.40. The number of rotatable bonds is 4. The van der Waals surface area contributed by atoms with Gasteiger partial charge < -0.3 is 5.73 Å². The number of aryl methyl sites for hydroxylation is 2. The van der Waals surface area contributed by atoms with Gasteiger partial charge in [0.15, 0.2) is 0 Å². The first-order chi connectivity index (χ1) is 7.77. The van der Waals surface area contributed by atoms with E-state index in [9.17, 15) is 10.1 Å². The van der Waals surface area contributed by atoms with Gasteiger partial charge in [-0.05, 0) is 19.8 Å². The van der Waals surface area contributed by atoms with Crippen LogP contribution in [0, 0.1) is 23.0 Å². The molecule has 0 aliphatic heterocycles. The van der Waals surface area contributed by atoms with E-state index in [-0.39, 0.29) is 28.5 Å². The highest BCUT2D eigenvalue weighted by Gasteiger charge is 2.33. The van der Waals surface area contributed by atoms with Crippen molar-refractivity contribution in [2.45, 2.75) is 39.7 Å². The molecule has 0 aliphatic rings. The zero-order valence-electron chi connectivity index (χ0n) is 11.0. The van der Waals surface area contributed by atoms with Gasteiger partial charge in [0.2, 0.25) is 0 Å². The fourth-order valence-corrected chi connectivity index (χ4v) is 2.44. The van der Waals surface area contributed by atoms with Crippen molar-refractivity contribution in [3.05, 3.63) is 21.5 Å². The molecule has 0 aliphatic carbocycles. The summed E-state index contributed by atoms with van der Waals surface area (Å²) in [6.07, 6.45) is 0. The molecule has 0 saturated carbocycles. The minimum absolute atomic E-state index is 0.0680. The summed E-state index contributed by atoms with van der Waals surface area (Å²) >= 11 is 0. The number of nitrogens with zero attached hydrogens (tertiary/aromatic N) is 3. The highest BCUT2D eigenvalue weighted by Crippen LogP contribution is 2.35. The van der Waals surface area contributed by atoms with Crippen LogP contribution in [0.25, 0.3) is 0 Å². The van der Waals surface area contributed by atoms with Crippen molar-refractivity contribution in [3.8, 4) is 0 Å². The van der Waals surface area contributed by atoms with E-state index in [4.69, 9.17) is 5.73 Å². The van der Waals surface area contributed by atoms with Crippen LogP contribution >= 0.6 is 0 Å². The first-order valence-electron chi connectivity index (χ1n) is 5.70. The Morgan fingerprint density at radius 1 is 1.41 bits per heavy atom. The monoisotopic (exact) mass is 240 g/mol. The Balaban J connectivity index is 3.42. The zero-order chi connectivity index (χ0) is 13.3. The van der Waals surface area contributed by atoms with Gasteiger partial charge in [-0.1, -0.05) is 13.8 Å². The molecule has 2 atom stereocenters. The largest absolute Gasteiger partial charge is 0.327 e. The molecule has 17 heavy (non-hydrogen) atoms. The van der Waals surface area contributed by atoms with Crippen LogP contribution in [-0.2, 0) is 7.05 Å². The van der Waals surface area contributed by atoms with Crippen LogP contribution in [0.3, 0.4) is 0 Å². The fraction of sp³-hybridized carbons (Fsp3) is 0.727. The molecule has 0 bridgehead atoms. The van der Waals surface area contributed by atoms with Crippen LogP contribution in [0.15, 0.2) is 0 Å². The third-order valence-electron chi connectivity index (χ3n) is 3.02. The lowest BCUT2D eigenvalue weighted by Gasteiger charge is -2.24. The summed E-state index contributed by atoms with van der Waals surface area (Å²) in [5.74, 6) is 0.157. The fourth-order valence-electron chi connectivity index (χ4n) is 2.44. The van der Waals surface area contributed by atoms with Crippen LogP contribution in [-0.4, -0.2) is 20.7 Å². The Morgan fingerprint density at radius 2 is 1.94 bits per heavy atom. The van der Waals surface area contributed by atoms with E-state index >= 15 is 0 Å². The molecule has 1 rings (SSSR count). The molecule has 0 saturated heterocycles. The molecule has 6 nitrogen and oxygen atoms in total. The van der Waals surface area contributed by atoms with Gasteiger partial charge in [0.25, 0.3) is 0 Å². The number of hydrogen-bond acceptors (Lipinski definition) is 4. The van der Waals surface area contributed by atoms with Crippen molar-refractivity contribution in [3.63, 3.8) is 0 Å². The Hall–Kier alpha value is -1.43. The SMILES string of the molecule is Cc1nn(C)c(C(C(C)C)C(C)N)c1[N+](=O)[O-]. The molecule has 0 radical (unpaired) electrons. The first-order valence-corrected chi connectivity index (χ1v) is 5.70. The van der Waals surface area contributed by atoms with Crippen molar-refractivity contribution < 1.29 is 4.92 Å². The van der Waals surface area contributed by atoms with Gasteiger partial charge >= 0.3 is 5.69 Å². The Kier molecular flexibility index (Phi) is 3.87. The van der Waals surface area contributed by atoms with Gasteiger partial charge in [-0.25, -0.2) is 0 Å². The molecule has 0 fully saturated rings. The van der Waals surface area contributed by atoms with E-state index in [0.29, 0.717) is 11.4 Å². The summed E-state index contributed by atoms with van der Waals surface area (Å²) < 4.78 is 1.58. The molecule has 6 heteroatoms. The van der Waals surface area contributed by atoms with E-state index in [1.54, 1.807) is 18.7 Å². The van der Waals surface area contributed by atoms with Crippen molar-refractivity contribution in [2.24, 2.45) is 18.7 Å². The van der Waals surface area contributed by atoms with Crippen molar-refractivity contribution in [1.82, 2.24) is 9.78 Å². The predicted octanol–water partition coefficient (Wildman–Crippen LogP) is 1.72. The molecular weight excluding hydrogens is 220 g/mol. The number of hydrogen-bond donors (Lipinski definition) is 1. The summed E-state index contributed by atoms with van der Waals surface area (Å²) in [5.41, 5.74) is 7.12. The third kappa shape index (κ3) is 2.46. The lowest BCUT2D eigenvalue weighted by molar-refractivity contribution is -0.386. The summed E-state index contributed by atoms with van der Waals surface area (Å²) in [7, 11) is 1.73. The summed E-state index contributed by atoms with van der Waals surface area (Å²) in [5, 5.41) is 15.3. The maximum atomic E-state index is 11.1. The highest BCUT2D eigenvalue weighted by molar-refractivity contribution is 5.43. The lowest BCUT2D eigenvalue weighted by atomic mass is 9.86.